The fourth-order valence-electron chi connectivity index (χ4n) is 2.37. The molecule has 0 saturated carbocycles. The Kier molecular flexibility index (Phi) is 5.36. The van der Waals surface area contributed by atoms with Gasteiger partial charge in [0.2, 0.25) is 5.91 Å². The summed E-state index contributed by atoms with van der Waals surface area (Å²) in [4.78, 5) is 13.6. The van der Waals surface area contributed by atoms with E-state index in [1.54, 1.807) is 0 Å². The van der Waals surface area contributed by atoms with Crippen LogP contribution in [-0.4, -0.2) is 28.8 Å². The van der Waals surface area contributed by atoms with Crippen molar-refractivity contribution in [3.63, 3.8) is 0 Å². The number of carbonyl (C=O) groups excluding carboxylic acids is 1. The van der Waals surface area contributed by atoms with Gasteiger partial charge in [-0.2, -0.15) is 5.10 Å². The van der Waals surface area contributed by atoms with E-state index in [9.17, 15) is 4.79 Å². The third kappa shape index (κ3) is 5.03. The van der Waals surface area contributed by atoms with Crippen molar-refractivity contribution in [2.45, 2.75) is 46.1 Å². The van der Waals surface area contributed by atoms with E-state index in [1.807, 2.05) is 56.9 Å². The molecule has 2 N–H and O–H groups in total. The Morgan fingerprint density at radius 1 is 1.26 bits per heavy atom. The lowest BCUT2D eigenvalue weighted by Gasteiger charge is -2.21. The number of hydrazone groups is 1. The number of rotatable bonds is 3. The maximum atomic E-state index is 11.8. The van der Waals surface area contributed by atoms with Gasteiger partial charge in [-0.3, -0.25) is 10.2 Å². The van der Waals surface area contributed by atoms with E-state index in [0.29, 0.717) is 11.5 Å². The number of carbonyl (C=O) groups is 1. The quantitative estimate of drug-likeness (QED) is 0.508. The lowest BCUT2D eigenvalue weighted by Crippen LogP contribution is -2.44. The SMILES string of the molecule is C/C(=N/NC(=S)NC(C)(C)C)c1ccc(N2CCCC2=O)cc1. The van der Waals surface area contributed by atoms with Gasteiger partial charge in [-0.1, -0.05) is 12.1 Å². The molecule has 0 unspecified atom stereocenters. The fourth-order valence-corrected chi connectivity index (χ4v) is 2.72. The minimum atomic E-state index is -0.0998. The van der Waals surface area contributed by atoms with Crippen molar-refractivity contribution in [2.75, 3.05) is 11.4 Å². The second-order valence-electron chi connectivity index (χ2n) is 6.71. The fraction of sp³-hybridized carbons (Fsp3) is 0.471. The van der Waals surface area contributed by atoms with Gasteiger partial charge in [0.25, 0.3) is 0 Å². The molecule has 1 aliphatic heterocycles. The first-order valence-electron chi connectivity index (χ1n) is 7.79. The van der Waals surface area contributed by atoms with Crippen molar-refractivity contribution in [1.29, 1.82) is 0 Å². The average molecular weight is 332 g/mol. The molecular formula is C17H24N4OS. The highest BCUT2D eigenvalue weighted by atomic mass is 32.1. The molecule has 23 heavy (non-hydrogen) atoms. The highest BCUT2D eigenvalue weighted by Gasteiger charge is 2.21. The van der Waals surface area contributed by atoms with Crippen molar-refractivity contribution in [3.05, 3.63) is 29.8 Å². The van der Waals surface area contributed by atoms with Crippen molar-refractivity contribution >= 4 is 34.6 Å². The Balaban J connectivity index is 1.99. The Morgan fingerprint density at radius 2 is 1.91 bits per heavy atom. The molecule has 0 radical (unpaired) electrons. The molecule has 1 aliphatic rings. The molecule has 1 amide bonds. The van der Waals surface area contributed by atoms with Gasteiger partial charge < -0.3 is 10.2 Å². The maximum absolute atomic E-state index is 11.8. The molecule has 0 atom stereocenters. The van der Waals surface area contributed by atoms with Crippen LogP contribution in [0, 0.1) is 0 Å². The Bertz CT molecular complexity index is 616. The number of nitrogens with zero attached hydrogens (tertiary/aromatic N) is 2. The summed E-state index contributed by atoms with van der Waals surface area (Å²) >= 11 is 5.20. The number of benzene rings is 1. The Labute approximate surface area is 143 Å². The van der Waals surface area contributed by atoms with E-state index in [2.05, 4.69) is 15.8 Å². The summed E-state index contributed by atoms with van der Waals surface area (Å²) in [7, 11) is 0. The van der Waals surface area contributed by atoms with Crippen molar-refractivity contribution in [1.82, 2.24) is 10.7 Å². The molecule has 124 valence electrons. The molecule has 1 fully saturated rings. The van der Waals surface area contributed by atoms with Crippen molar-refractivity contribution < 1.29 is 4.79 Å². The van der Waals surface area contributed by atoms with Crippen LogP contribution in [0.5, 0.6) is 0 Å². The zero-order valence-corrected chi connectivity index (χ0v) is 15.0. The standard InChI is InChI=1S/C17H24N4OS/c1-12(19-20-16(23)18-17(2,3)4)13-7-9-14(10-8-13)21-11-5-6-15(21)22/h7-10H,5-6,11H2,1-4H3,(H2,18,20,23)/b19-12-. The molecule has 5 nitrogen and oxygen atoms in total. The highest BCUT2D eigenvalue weighted by Crippen LogP contribution is 2.21. The maximum Gasteiger partial charge on any atom is 0.227 e. The van der Waals surface area contributed by atoms with Crippen LogP contribution in [0.1, 0.15) is 46.1 Å². The molecule has 0 spiro atoms. The minimum absolute atomic E-state index is 0.0998. The van der Waals surface area contributed by atoms with Crippen LogP contribution < -0.4 is 15.6 Å². The minimum Gasteiger partial charge on any atom is -0.357 e. The van der Waals surface area contributed by atoms with E-state index in [-0.39, 0.29) is 11.4 Å². The summed E-state index contributed by atoms with van der Waals surface area (Å²) in [6.07, 6.45) is 1.58. The van der Waals surface area contributed by atoms with Crippen LogP contribution >= 0.6 is 12.2 Å². The predicted molar refractivity (Wildman–Crippen MR) is 98.9 cm³/mol. The van der Waals surface area contributed by atoms with Crippen molar-refractivity contribution in [2.24, 2.45) is 5.10 Å². The molecule has 1 aromatic rings. The normalized spacial score (nSPS) is 15.7. The van der Waals surface area contributed by atoms with Gasteiger partial charge >= 0.3 is 0 Å². The largest absolute Gasteiger partial charge is 0.357 e. The van der Waals surface area contributed by atoms with E-state index in [4.69, 9.17) is 12.2 Å². The summed E-state index contributed by atoms with van der Waals surface area (Å²) in [6.45, 7) is 8.84. The van der Waals surface area contributed by atoms with Crippen LogP contribution in [0.3, 0.4) is 0 Å². The van der Waals surface area contributed by atoms with Crippen LogP contribution in [0.4, 0.5) is 5.69 Å². The van der Waals surface area contributed by atoms with Crippen molar-refractivity contribution in [3.8, 4) is 0 Å². The number of anilines is 1. The van der Waals surface area contributed by atoms with Crippen LogP contribution in [0.25, 0.3) is 0 Å². The Morgan fingerprint density at radius 3 is 2.43 bits per heavy atom. The molecule has 1 aromatic carbocycles. The average Bonchev–Trinajstić information content (AvgIpc) is 2.89. The number of nitrogens with one attached hydrogen (secondary N) is 2. The molecule has 1 saturated heterocycles. The molecule has 1 heterocycles. The molecule has 0 aliphatic carbocycles. The van der Waals surface area contributed by atoms with E-state index in [0.717, 1.165) is 29.9 Å². The lowest BCUT2D eigenvalue weighted by atomic mass is 10.1. The van der Waals surface area contributed by atoms with Crippen LogP contribution in [0.15, 0.2) is 29.4 Å². The highest BCUT2D eigenvalue weighted by molar-refractivity contribution is 7.80. The van der Waals surface area contributed by atoms with Gasteiger partial charge in [0.05, 0.1) is 5.71 Å². The van der Waals surface area contributed by atoms with Crippen LogP contribution in [-0.2, 0) is 4.79 Å². The van der Waals surface area contributed by atoms with E-state index in [1.165, 1.54) is 0 Å². The summed E-state index contributed by atoms with van der Waals surface area (Å²) in [5.74, 6) is 0.198. The second-order valence-corrected chi connectivity index (χ2v) is 7.12. The van der Waals surface area contributed by atoms with Gasteiger partial charge in [-0.25, -0.2) is 0 Å². The van der Waals surface area contributed by atoms with E-state index >= 15 is 0 Å². The molecular weight excluding hydrogens is 308 g/mol. The smallest absolute Gasteiger partial charge is 0.227 e. The van der Waals surface area contributed by atoms with E-state index < -0.39 is 0 Å². The third-order valence-corrected chi connectivity index (χ3v) is 3.68. The zero-order chi connectivity index (χ0) is 17.0. The third-order valence-electron chi connectivity index (χ3n) is 3.48. The topological polar surface area (TPSA) is 56.7 Å². The van der Waals surface area contributed by atoms with Gasteiger partial charge in [-0.05, 0) is 64.0 Å². The first-order chi connectivity index (χ1) is 10.8. The molecule has 2 rings (SSSR count). The summed E-state index contributed by atoms with van der Waals surface area (Å²) in [5.41, 5.74) is 5.53. The first kappa shape index (κ1) is 17.4. The second kappa shape index (κ2) is 7.08. The number of hydrogen-bond donors (Lipinski definition) is 2. The number of hydrogen-bond acceptors (Lipinski definition) is 3. The Hall–Kier alpha value is -1.95. The predicted octanol–water partition coefficient (Wildman–Crippen LogP) is 2.80. The van der Waals surface area contributed by atoms with Gasteiger partial charge in [0.15, 0.2) is 5.11 Å². The zero-order valence-electron chi connectivity index (χ0n) is 14.1. The van der Waals surface area contributed by atoms with Gasteiger partial charge in [0, 0.05) is 24.2 Å². The lowest BCUT2D eigenvalue weighted by molar-refractivity contribution is -0.117. The molecule has 0 bridgehead atoms. The number of amides is 1. The molecule has 6 heteroatoms. The summed E-state index contributed by atoms with van der Waals surface area (Å²) in [6, 6.07) is 7.87. The van der Waals surface area contributed by atoms with Gasteiger partial charge in [-0.15, -0.1) is 0 Å². The van der Waals surface area contributed by atoms with Crippen LogP contribution in [0.2, 0.25) is 0 Å². The summed E-state index contributed by atoms with van der Waals surface area (Å²) < 4.78 is 0. The summed E-state index contributed by atoms with van der Waals surface area (Å²) in [5, 5.41) is 7.95. The number of thiocarbonyl (C=S) groups is 1. The monoisotopic (exact) mass is 332 g/mol. The first-order valence-corrected chi connectivity index (χ1v) is 8.20. The van der Waals surface area contributed by atoms with Gasteiger partial charge in [0.1, 0.15) is 0 Å². The molecule has 0 aromatic heterocycles.